The van der Waals surface area contributed by atoms with Gasteiger partial charge in [-0.05, 0) is 56.0 Å². The van der Waals surface area contributed by atoms with Crippen LogP contribution in [0.4, 0.5) is 14.5 Å². The Kier molecular flexibility index (Phi) is 9.77. The molecule has 0 bridgehead atoms. The highest BCUT2D eigenvalue weighted by Gasteiger charge is 2.42. The number of likely N-dealkylation sites (N-methyl/N-ethyl adjacent to an activating group) is 1. The van der Waals surface area contributed by atoms with Gasteiger partial charge in [0.15, 0.2) is 0 Å². The smallest absolute Gasteiger partial charge is 0.270 e. The molecule has 8 nitrogen and oxygen atoms in total. The van der Waals surface area contributed by atoms with E-state index in [4.69, 9.17) is 0 Å². The van der Waals surface area contributed by atoms with Crippen LogP contribution in [0, 0.1) is 23.2 Å². The summed E-state index contributed by atoms with van der Waals surface area (Å²) in [5.74, 6) is -3.24. The topological polar surface area (TPSA) is 109 Å². The summed E-state index contributed by atoms with van der Waals surface area (Å²) in [5, 5.41) is 12.6. The second-order valence-electron chi connectivity index (χ2n) is 10.1. The zero-order valence-corrected chi connectivity index (χ0v) is 22.4. The van der Waals surface area contributed by atoms with Crippen LogP contribution in [0.25, 0.3) is 6.08 Å². The number of nitrogens with one attached hydrogen (secondary N) is 2. The van der Waals surface area contributed by atoms with Crippen molar-refractivity contribution in [2.75, 3.05) is 18.9 Å². The van der Waals surface area contributed by atoms with Crippen molar-refractivity contribution in [1.29, 1.82) is 5.26 Å². The lowest BCUT2D eigenvalue weighted by atomic mass is 10.0. The van der Waals surface area contributed by atoms with Gasteiger partial charge in [0, 0.05) is 31.0 Å². The van der Waals surface area contributed by atoms with Crippen molar-refractivity contribution in [3.05, 3.63) is 71.6 Å². The lowest BCUT2D eigenvalue weighted by molar-refractivity contribution is -0.136. The number of H-pyrrole nitrogens is 1. The van der Waals surface area contributed by atoms with Crippen LogP contribution in [0.5, 0.6) is 0 Å². The molecule has 1 fully saturated rings. The number of hydrogen-bond donors (Lipinski definition) is 2. The van der Waals surface area contributed by atoms with Crippen LogP contribution in [0.2, 0.25) is 0 Å². The van der Waals surface area contributed by atoms with E-state index < -0.39 is 41.5 Å². The fraction of sp³-hybridized carbons (Fsp3) is 0.379. The fourth-order valence-corrected chi connectivity index (χ4v) is 4.55. The standard InChI is InChI=1S/C29H33F2N5O3/c1-18(2)12-26(35(4)28(38)25-11-10-23(33-25)15-21(31)13-19(3)30)29(39)36-17-20(14-24(36)16-32)27(37)34-22-8-6-5-7-9-22/h5-11,13,15,18,20,24,26,33H,12,14,17H2,1-4H3,(H,34,37)/b19-13+,21-15+. The van der Waals surface area contributed by atoms with E-state index in [0.29, 0.717) is 12.1 Å². The van der Waals surface area contributed by atoms with Gasteiger partial charge in [0.05, 0.1) is 17.8 Å². The third kappa shape index (κ3) is 7.63. The first-order valence-electron chi connectivity index (χ1n) is 12.7. The third-order valence-corrected chi connectivity index (χ3v) is 6.48. The molecule has 39 heavy (non-hydrogen) atoms. The molecule has 206 valence electrons. The monoisotopic (exact) mass is 537 g/mol. The number of anilines is 1. The van der Waals surface area contributed by atoms with Crippen molar-refractivity contribution in [3.63, 3.8) is 0 Å². The van der Waals surface area contributed by atoms with E-state index in [1.165, 1.54) is 29.0 Å². The number of halogens is 2. The molecule has 1 aliphatic rings. The number of likely N-dealkylation sites (tertiary alicyclic amines) is 1. The SMILES string of the molecule is C/C(F)=C\C(F)=C/c1ccc(C(=O)N(C)C(CC(C)C)C(=O)N2CC(C(=O)Nc3ccccc3)CC2C#N)[nH]1. The van der Waals surface area contributed by atoms with E-state index in [1.54, 1.807) is 24.3 Å². The molecule has 3 atom stereocenters. The van der Waals surface area contributed by atoms with Gasteiger partial charge in [-0.25, -0.2) is 8.78 Å². The molecule has 0 radical (unpaired) electrons. The van der Waals surface area contributed by atoms with Gasteiger partial charge in [-0.3, -0.25) is 14.4 Å². The summed E-state index contributed by atoms with van der Waals surface area (Å²) in [6.07, 6.45) is 2.30. The molecule has 2 heterocycles. The zero-order valence-electron chi connectivity index (χ0n) is 22.4. The van der Waals surface area contributed by atoms with Crippen LogP contribution in [-0.2, 0) is 9.59 Å². The van der Waals surface area contributed by atoms with Crippen LogP contribution in [0.1, 0.15) is 49.8 Å². The number of hydrogen-bond acceptors (Lipinski definition) is 4. The van der Waals surface area contributed by atoms with Gasteiger partial charge in [-0.2, -0.15) is 5.26 Å². The maximum absolute atomic E-state index is 13.9. The van der Waals surface area contributed by atoms with Crippen molar-refractivity contribution in [2.45, 2.75) is 45.7 Å². The normalized spacial score (nSPS) is 18.6. The number of carbonyl (C=O) groups is 3. The number of amides is 3. The largest absolute Gasteiger partial charge is 0.351 e. The molecule has 0 aliphatic carbocycles. The lowest BCUT2D eigenvalue weighted by Gasteiger charge is -2.32. The Balaban J connectivity index is 1.78. The number of rotatable bonds is 9. The molecule has 2 aromatic rings. The zero-order chi connectivity index (χ0) is 28.7. The number of aromatic nitrogens is 1. The summed E-state index contributed by atoms with van der Waals surface area (Å²) >= 11 is 0. The van der Waals surface area contributed by atoms with Crippen molar-refractivity contribution in [1.82, 2.24) is 14.8 Å². The molecule has 1 saturated heterocycles. The summed E-state index contributed by atoms with van der Waals surface area (Å²) in [6, 6.07) is 12.3. The summed E-state index contributed by atoms with van der Waals surface area (Å²) in [5.41, 5.74) is 1.00. The summed E-state index contributed by atoms with van der Waals surface area (Å²) in [6.45, 7) is 5.01. The molecule has 3 rings (SSSR count). The highest BCUT2D eigenvalue weighted by Crippen LogP contribution is 2.27. The summed E-state index contributed by atoms with van der Waals surface area (Å²) in [4.78, 5) is 45.4. The average Bonchev–Trinajstić information content (AvgIpc) is 3.53. The fourth-order valence-electron chi connectivity index (χ4n) is 4.55. The minimum absolute atomic E-state index is 0.0430. The molecule has 0 saturated carbocycles. The van der Waals surface area contributed by atoms with Crippen LogP contribution >= 0.6 is 0 Å². The van der Waals surface area contributed by atoms with Gasteiger partial charge in [0.1, 0.15) is 23.6 Å². The Labute approximate surface area is 227 Å². The minimum Gasteiger partial charge on any atom is -0.351 e. The molecule has 2 N–H and O–H groups in total. The van der Waals surface area contributed by atoms with Crippen molar-refractivity contribution in [3.8, 4) is 6.07 Å². The van der Waals surface area contributed by atoms with Gasteiger partial charge in [-0.15, -0.1) is 0 Å². The average molecular weight is 538 g/mol. The van der Waals surface area contributed by atoms with Gasteiger partial charge in [-0.1, -0.05) is 32.0 Å². The predicted octanol–water partition coefficient (Wildman–Crippen LogP) is 5.06. The highest BCUT2D eigenvalue weighted by molar-refractivity contribution is 5.97. The van der Waals surface area contributed by atoms with E-state index in [-0.39, 0.29) is 36.2 Å². The number of nitriles is 1. The highest BCUT2D eigenvalue weighted by atomic mass is 19.1. The van der Waals surface area contributed by atoms with Crippen LogP contribution in [0.15, 0.2) is 60.2 Å². The van der Waals surface area contributed by atoms with Crippen LogP contribution < -0.4 is 5.32 Å². The molecule has 1 aromatic heterocycles. The van der Waals surface area contributed by atoms with Gasteiger partial charge in [0.25, 0.3) is 5.91 Å². The Morgan fingerprint density at radius 3 is 2.51 bits per heavy atom. The van der Waals surface area contributed by atoms with E-state index in [9.17, 15) is 28.4 Å². The summed E-state index contributed by atoms with van der Waals surface area (Å²) in [7, 11) is 1.50. The Morgan fingerprint density at radius 1 is 1.21 bits per heavy atom. The number of nitrogens with zero attached hydrogens (tertiary/aromatic N) is 3. The first-order chi connectivity index (χ1) is 18.5. The molecule has 1 aromatic carbocycles. The Bertz CT molecular complexity index is 1290. The van der Waals surface area contributed by atoms with Gasteiger partial charge in [0.2, 0.25) is 11.8 Å². The van der Waals surface area contributed by atoms with Gasteiger partial charge >= 0.3 is 0 Å². The van der Waals surface area contributed by atoms with Crippen LogP contribution in [0.3, 0.4) is 0 Å². The number of benzene rings is 1. The molecular weight excluding hydrogens is 504 g/mol. The molecule has 3 unspecified atom stereocenters. The minimum atomic E-state index is -0.888. The maximum Gasteiger partial charge on any atom is 0.270 e. The quantitative estimate of drug-likeness (QED) is 0.436. The van der Waals surface area contributed by atoms with E-state index >= 15 is 0 Å². The number of allylic oxidation sites excluding steroid dienone is 3. The first-order valence-corrected chi connectivity index (χ1v) is 12.7. The predicted molar refractivity (Wildman–Crippen MR) is 144 cm³/mol. The molecular formula is C29H33F2N5O3. The van der Waals surface area contributed by atoms with Gasteiger partial charge < -0.3 is 20.1 Å². The van der Waals surface area contributed by atoms with E-state index in [2.05, 4.69) is 16.4 Å². The molecule has 3 amide bonds. The number of aromatic amines is 1. The van der Waals surface area contributed by atoms with Crippen molar-refractivity contribution in [2.24, 2.45) is 11.8 Å². The molecule has 10 heteroatoms. The number of para-hydroxylation sites is 1. The second-order valence-corrected chi connectivity index (χ2v) is 10.1. The lowest BCUT2D eigenvalue weighted by Crippen LogP contribution is -2.51. The third-order valence-electron chi connectivity index (χ3n) is 6.48. The van der Waals surface area contributed by atoms with Crippen molar-refractivity contribution >= 4 is 29.5 Å². The Hall–Kier alpha value is -4.26. The van der Waals surface area contributed by atoms with E-state index in [0.717, 1.165) is 19.1 Å². The maximum atomic E-state index is 13.9. The Morgan fingerprint density at radius 2 is 1.90 bits per heavy atom. The first kappa shape index (κ1) is 29.3. The number of carbonyl (C=O) groups excluding carboxylic acids is 3. The second kappa shape index (κ2) is 13.0. The molecule has 1 aliphatic heterocycles. The van der Waals surface area contributed by atoms with E-state index in [1.807, 2.05) is 19.9 Å². The summed E-state index contributed by atoms with van der Waals surface area (Å²) < 4.78 is 26.8. The van der Waals surface area contributed by atoms with Crippen molar-refractivity contribution < 1.29 is 23.2 Å². The molecule has 0 spiro atoms. The van der Waals surface area contributed by atoms with Crippen LogP contribution in [-0.4, -0.2) is 58.2 Å².